The van der Waals surface area contributed by atoms with Crippen LogP contribution in [0.25, 0.3) is 0 Å². The number of hydrogen-bond acceptors (Lipinski definition) is 4. The summed E-state index contributed by atoms with van der Waals surface area (Å²) in [5, 5.41) is 0. The molecule has 1 unspecified atom stereocenters. The van der Waals surface area contributed by atoms with Gasteiger partial charge in [-0.2, -0.15) is 0 Å². The zero-order valence-corrected chi connectivity index (χ0v) is 10.4. The Labute approximate surface area is 85.5 Å². The third-order valence-corrected chi connectivity index (χ3v) is 3.69. The van der Waals surface area contributed by atoms with Crippen molar-refractivity contribution in [3.05, 3.63) is 0 Å². The summed E-state index contributed by atoms with van der Waals surface area (Å²) in [7, 11) is -3.36. The molecule has 0 saturated carbocycles. The molecule has 0 amide bonds. The highest BCUT2D eigenvalue weighted by molar-refractivity contribution is 7.48. The van der Waals surface area contributed by atoms with Crippen LogP contribution in [-0.4, -0.2) is 17.8 Å². The highest BCUT2D eigenvalue weighted by Crippen LogP contribution is 2.58. The SMILES string of the molecule is CC(C)(C)OP1(=O)OCCC(C)(C)O1. The van der Waals surface area contributed by atoms with Gasteiger partial charge in [0.1, 0.15) is 0 Å². The van der Waals surface area contributed by atoms with Crippen molar-refractivity contribution in [3.63, 3.8) is 0 Å². The molecule has 14 heavy (non-hydrogen) atoms. The Hall–Kier alpha value is 0.110. The van der Waals surface area contributed by atoms with Crippen LogP contribution in [0.5, 0.6) is 0 Å². The Morgan fingerprint density at radius 3 is 2.36 bits per heavy atom. The van der Waals surface area contributed by atoms with Gasteiger partial charge in [0.25, 0.3) is 0 Å². The van der Waals surface area contributed by atoms with Crippen LogP contribution in [-0.2, 0) is 18.1 Å². The van der Waals surface area contributed by atoms with E-state index in [2.05, 4.69) is 0 Å². The Morgan fingerprint density at radius 2 is 1.93 bits per heavy atom. The lowest BCUT2D eigenvalue weighted by Gasteiger charge is -2.36. The Morgan fingerprint density at radius 1 is 1.36 bits per heavy atom. The summed E-state index contributed by atoms with van der Waals surface area (Å²) < 4.78 is 27.7. The molecule has 1 aliphatic heterocycles. The van der Waals surface area contributed by atoms with Gasteiger partial charge in [-0.1, -0.05) is 0 Å². The van der Waals surface area contributed by atoms with E-state index in [9.17, 15) is 4.57 Å². The quantitative estimate of drug-likeness (QED) is 0.639. The van der Waals surface area contributed by atoms with E-state index in [0.717, 1.165) is 6.42 Å². The topological polar surface area (TPSA) is 44.8 Å². The largest absolute Gasteiger partial charge is 0.475 e. The van der Waals surface area contributed by atoms with E-state index in [-0.39, 0.29) is 0 Å². The predicted octanol–water partition coefficient (Wildman–Crippen LogP) is 3.13. The molecule has 1 aliphatic rings. The second-order valence-corrected chi connectivity index (χ2v) is 6.60. The molecule has 1 heterocycles. The Balaban J connectivity index is 2.71. The summed E-state index contributed by atoms with van der Waals surface area (Å²) in [6.45, 7) is 9.64. The van der Waals surface area contributed by atoms with Gasteiger partial charge in [0.05, 0.1) is 17.8 Å². The zero-order chi connectivity index (χ0) is 11.0. The van der Waals surface area contributed by atoms with Gasteiger partial charge in [-0.25, -0.2) is 4.57 Å². The first-order valence-electron chi connectivity index (χ1n) is 4.78. The van der Waals surface area contributed by atoms with E-state index in [0.29, 0.717) is 6.61 Å². The van der Waals surface area contributed by atoms with Crippen LogP contribution in [0.4, 0.5) is 0 Å². The first kappa shape index (κ1) is 12.2. The smallest absolute Gasteiger partial charge is 0.287 e. The van der Waals surface area contributed by atoms with Gasteiger partial charge >= 0.3 is 7.82 Å². The van der Waals surface area contributed by atoms with Gasteiger partial charge in [0, 0.05) is 6.42 Å². The molecule has 84 valence electrons. The molecule has 1 rings (SSSR count). The summed E-state index contributed by atoms with van der Waals surface area (Å²) in [5.41, 5.74) is -0.956. The van der Waals surface area contributed by atoms with E-state index in [1.165, 1.54) is 0 Å². The molecular weight excluding hydrogens is 203 g/mol. The maximum Gasteiger partial charge on any atom is 0.475 e. The normalized spacial score (nSPS) is 32.9. The molecule has 4 nitrogen and oxygen atoms in total. The van der Waals surface area contributed by atoms with Gasteiger partial charge in [-0.3, -0.25) is 13.6 Å². The average Bonchev–Trinajstić information content (AvgIpc) is 1.75. The maximum atomic E-state index is 12.0. The molecule has 5 heteroatoms. The van der Waals surface area contributed by atoms with Crippen molar-refractivity contribution in [1.29, 1.82) is 0 Å². The molecule has 0 spiro atoms. The van der Waals surface area contributed by atoms with Crippen molar-refractivity contribution in [1.82, 2.24) is 0 Å². The van der Waals surface area contributed by atoms with Gasteiger partial charge in [0.15, 0.2) is 0 Å². The number of hydrogen-bond donors (Lipinski definition) is 0. The second-order valence-electron chi connectivity index (χ2n) is 5.09. The monoisotopic (exact) mass is 222 g/mol. The van der Waals surface area contributed by atoms with Gasteiger partial charge in [-0.05, 0) is 34.6 Å². The minimum Gasteiger partial charge on any atom is -0.287 e. The molecule has 1 atom stereocenters. The summed E-state index contributed by atoms with van der Waals surface area (Å²) in [6, 6.07) is 0. The van der Waals surface area contributed by atoms with E-state index >= 15 is 0 Å². The summed E-state index contributed by atoms with van der Waals surface area (Å²) in [6.07, 6.45) is 0.727. The molecule has 0 bridgehead atoms. The number of phosphoric ester groups is 1. The number of rotatable bonds is 1. The Kier molecular flexibility index (Phi) is 3.13. The summed E-state index contributed by atoms with van der Waals surface area (Å²) in [4.78, 5) is 0. The highest BCUT2D eigenvalue weighted by Gasteiger charge is 2.42. The van der Waals surface area contributed by atoms with Crippen LogP contribution < -0.4 is 0 Å². The molecule has 1 fully saturated rings. The summed E-state index contributed by atoms with van der Waals surface area (Å²) in [5.74, 6) is 0. The summed E-state index contributed by atoms with van der Waals surface area (Å²) >= 11 is 0. The molecule has 0 radical (unpaired) electrons. The van der Waals surface area contributed by atoms with Crippen LogP contribution >= 0.6 is 7.82 Å². The van der Waals surface area contributed by atoms with Crippen molar-refractivity contribution in [2.45, 2.75) is 52.2 Å². The minimum absolute atomic E-state index is 0.417. The zero-order valence-electron chi connectivity index (χ0n) is 9.49. The lowest BCUT2D eigenvalue weighted by Crippen LogP contribution is -2.32. The third kappa shape index (κ3) is 3.70. The van der Waals surface area contributed by atoms with Crippen molar-refractivity contribution in [2.75, 3.05) is 6.61 Å². The fourth-order valence-electron chi connectivity index (χ4n) is 1.16. The van der Waals surface area contributed by atoms with Gasteiger partial charge < -0.3 is 0 Å². The van der Waals surface area contributed by atoms with Crippen LogP contribution in [0.3, 0.4) is 0 Å². The molecule has 0 aliphatic carbocycles. The van der Waals surface area contributed by atoms with Crippen molar-refractivity contribution in [3.8, 4) is 0 Å². The lowest BCUT2D eigenvalue weighted by atomic mass is 10.1. The van der Waals surface area contributed by atoms with Crippen LogP contribution in [0, 0.1) is 0 Å². The fourth-order valence-corrected chi connectivity index (χ4v) is 2.98. The van der Waals surface area contributed by atoms with E-state index in [1.807, 2.05) is 34.6 Å². The maximum absolute atomic E-state index is 12.0. The van der Waals surface area contributed by atoms with Crippen molar-refractivity contribution in [2.24, 2.45) is 0 Å². The third-order valence-electron chi connectivity index (χ3n) is 1.70. The number of phosphoric acid groups is 1. The van der Waals surface area contributed by atoms with E-state index in [1.54, 1.807) is 0 Å². The van der Waals surface area contributed by atoms with Crippen LogP contribution in [0.1, 0.15) is 41.0 Å². The lowest BCUT2D eigenvalue weighted by molar-refractivity contribution is -0.0429. The van der Waals surface area contributed by atoms with Crippen LogP contribution in [0.2, 0.25) is 0 Å². The molecule has 0 aromatic heterocycles. The predicted molar refractivity (Wildman–Crippen MR) is 54.2 cm³/mol. The molecule has 0 aromatic rings. The highest BCUT2D eigenvalue weighted by atomic mass is 31.2. The van der Waals surface area contributed by atoms with Gasteiger partial charge in [0.2, 0.25) is 0 Å². The molecule has 0 N–H and O–H groups in total. The average molecular weight is 222 g/mol. The minimum atomic E-state index is -3.36. The fraction of sp³-hybridized carbons (Fsp3) is 1.00. The standard InChI is InChI=1S/C9H19O4P/c1-8(2,3)12-14(10)11-7-6-9(4,5)13-14/h6-7H2,1-5H3. The van der Waals surface area contributed by atoms with E-state index in [4.69, 9.17) is 13.6 Å². The van der Waals surface area contributed by atoms with Crippen LogP contribution in [0.15, 0.2) is 0 Å². The first-order chi connectivity index (χ1) is 6.12. The second kappa shape index (κ2) is 3.60. The van der Waals surface area contributed by atoms with E-state index < -0.39 is 19.0 Å². The Bertz CT molecular complexity index is 248. The first-order valence-corrected chi connectivity index (χ1v) is 6.24. The molecule has 0 aromatic carbocycles. The van der Waals surface area contributed by atoms with Crippen molar-refractivity contribution < 1.29 is 18.1 Å². The molecular formula is C9H19O4P. The van der Waals surface area contributed by atoms with Gasteiger partial charge in [-0.15, -0.1) is 0 Å². The molecule has 1 saturated heterocycles. The van der Waals surface area contributed by atoms with Crippen molar-refractivity contribution >= 4 is 7.82 Å².